The van der Waals surface area contributed by atoms with Gasteiger partial charge >= 0.3 is 0 Å². The number of hydrogen-bond donors (Lipinski definition) is 2. The van der Waals surface area contributed by atoms with Crippen molar-refractivity contribution in [2.45, 2.75) is 45.4 Å². The van der Waals surface area contributed by atoms with Crippen LogP contribution in [0.4, 0.5) is 5.69 Å². The first kappa shape index (κ1) is 17.2. The van der Waals surface area contributed by atoms with Gasteiger partial charge in [-0.25, -0.2) is 0 Å². The van der Waals surface area contributed by atoms with E-state index in [0.29, 0.717) is 11.7 Å². The zero-order valence-corrected chi connectivity index (χ0v) is 15.4. The summed E-state index contributed by atoms with van der Waals surface area (Å²) in [4.78, 5) is 0. The summed E-state index contributed by atoms with van der Waals surface area (Å²) in [5, 5.41) is 10.3. The van der Waals surface area contributed by atoms with Crippen molar-refractivity contribution in [3.63, 3.8) is 0 Å². The summed E-state index contributed by atoms with van der Waals surface area (Å²) < 4.78 is 11.7. The second kappa shape index (κ2) is 7.20. The van der Waals surface area contributed by atoms with E-state index < -0.39 is 0 Å². The largest absolute Gasteiger partial charge is 0.508 e. The quantitative estimate of drug-likeness (QED) is 0.793. The van der Waals surface area contributed by atoms with Gasteiger partial charge in [0.1, 0.15) is 17.2 Å². The number of aryl methyl sites for hydroxylation is 1. The molecule has 0 atom stereocenters. The van der Waals surface area contributed by atoms with Crippen LogP contribution in [0.25, 0.3) is 0 Å². The summed E-state index contributed by atoms with van der Waals surface area (Å²) in [5.74, 6) is 2.64. The van der Waals surface area contributed by atoms with Crippen LogP contribution in [0.5, 0.6) is 17.2 Å². The third-order valence-electron chi connectivity index (χ3n) is 5.69. The van der Waals surface area contributed by atoms with E-state index in [1.807, 2.05) is 25.1 Å². The first-order valence-corrected chi connectivity index (χ1v) is 9.60. The molecule has 1 fully saturated rings. The molecule has 138 valence electrons. The fourth-order valence-corrected chi connectivity index (χ4v) is 4.25. The van der Waals surface area contributed by atoms with Gasteiger partial charge in [-0.1, -0.05) is 0 Å². The molecule has 0 saturated carbocycles. The molecule has 3 N–H and O–H groups in total. The minimum absolute atomic E-state index is 0.350. The molecule has 1 aliphatic carbocycles. The average molecular weight is 353 g/mol. The van der Waals surface area contributed by atoms with Crippen molar-refractivity contribution >= 4 is 5.69 Å². The maximum atomic E-state index is 10.3. The van der Waals surface area contributed by atoms with E-state index in [0.717, 1.165) is 80.1 Å². The third kappa shape index (κ3) is 3.38. The topological polar surface area (TPSA) is 64.7 Å². The Labute approximate surface area is 154 Å². The number of rotatable bonds is 4. The molecule has 0 unspecified atom stereocenters. The second-order valence-corrected chi connectivity index (χ2v) is 7.57. The van der Waals surface area contributed by atoms with E-state index in [1.54, 1.807) is 6.07 Å². The molecule has 0 spiro atoms. The molecule has 0 bridgehead atoms. The van der Waals surface area contributed by atoms with Crippen molar-refractivity contribution in [2.75, 3.05) is 18.9 Å². The number of nitrogen functional groups attached to an aromatic ring is 1. The number of hydrogen-bond acceptors (Lipinski definition) is 4. The number of nitrogens with two attached hydrogens (primary N) is 1. The highest BCUT2D eigenvalue weighted by atomic mass is 16.5. The highest BCUT2D eigenvalue weighted by molar-refractivity contribution is 5.62. The summed E-state index contributed by atoms with van der Waals surface area (Å²) in [5.41, 5.74) is 11.6. The van der Waals surface area contributed by atoms with E-state index in [2.05, 4.69) is 0 Å². The van der Waals surface area contributed by atoms with Crippen molar-refractivity contribution in [1.82, 2.24) is 0 Å². The van der Waals surface area contributed by atoms with Crippen LogP contribution in [0, 0.1) is 12.8 Å². The Bertz CT molecular complexity index is 810. The number of phenolic OH excluding ortho intramolecular Hbond substituents is 1. The molecule has 26 heavy (non-hydrogen) atoms. The number of anilines is 1. The van der Waals surface area contributed by atoms with Gasteiger partial charge in [0, 0.05) is 24.5 Å². The standard InChI is InChI=1S/C22H27NO3/c1-14-11-20(23)18-3-2-4-19(18)22(14)26-17-5-6-21(24)16(13-17)12-15-7-9-25-10-8-15/h5-6,11,13,15,24H,2-4,7-10,12,23H2,1H3. The molecule has 1 saturated heterocycles. The molecule has 0 radical (unpaired) electrons. The average Bonchev–Trinajstić information content (AvgIpc) is 3.12. The van der Waals surface area contributed by atoms with Crippen molar-refractivity contribution in [2.24, 2.45) is 5.92 Å². The summed E-state index contributed by atoms with van der Waals surface area (Å²) in [7, 11) is 0. The lowest BCUT2D eigenvalue weighted by Gasteiger charge is -2.22. The molecule has 2 aromatic rings. The fraction of sp³-hybridized carbons (Fsp3) is 0.455. The van der Waals surface area contributed by atoms with E-state index in [4.69, 9.17) is 15.2 Å². The van der Waals surface area contributed by atoms with Gasteiger partial charge in [-0.2, -0.15) is 0 Å². The Morgan fingerprint density at radius 3 is 2.73 bits per heavy atom. The van der Waals surface area contributed by atoms with E-state index in [9.17, 15) is 5.11 Å². The lowest BCUT2D eigenvalue weighted by molar-refractivity contribution is 0.0663. The van der Waals surface area contributed by atoms with Crippen LogP contribution in [-0.2, 0) is 24.0 Å². The van der Waals surface area contributed by atoms with E-state index in [-0.39, 0.29) is 0 Å². The Kier molecular flexibility index (Phi) is 4.77. The van der Waals surface area contributed by atoms with Crippen LogP contribution in [0.15, 0.2) is 24.3 Å². The van der Waals surface area contributed by atoms with Crippen LogP contribution in [-0.4, -0.2) is 18.3 Å². The molecule has 1 heterocycles. The molecular formula is C22H27NO3. The molecule has 4 nitrogen and oxygen atoms in total. The molecule has 4 rings (SSSR count). The highest BCUT2D eigenvalue weighted by Gasteiger charge is 2.22. The molecule has 1 aliphatic heterocycles. The molecular weight excluding hydrogens is 326 g/mol. The zero-order valence-electron chi connectivity index (χ0n) is 15.4. The summed E-state index contributed by atoms with van der Waals surface area (Å²) in [6.45, 7) is 3.68. The second-order valence-electron chi connectivity index (χ2n) is 7.57. The van der Waals surface area contributed by atoms with Gasteiger partial charge in [0.05, 0.1) is 0 Å². The third-order valence-corrected chi connectivity index (χ3v) is 5.69. The fourth-order valence-electron chi connectivity index (χ4n) is 4.25. The van der Waals surface area contributed by atoms with Gasteiger partial charge < -0.3 is 20.3 Å². The van der Waals surface area contributed by atoms with E-state index in [1.165, 1.54) is 11.1 Å². The summed E-state index contributed by atoms with van der Waals surface area (Å²) >= 11 is 0. The van der Waals surface area contributed by atoms with Crippen molar-refractivity contribution in [1.29, 1.82) is 0 Å². The number of fused-ring (bicyclic) bond motifs is 1. The number of phenols is 1. The number of aromatic hydroxyl groups is 1. The molecule has 0 aromatic heterocycles. The van der Waals surface area contributed by atoms with Gasteiger partial charge in [-0.05, 0) is 92.3 Å². The SMILES string of the molecule is Cc1cc(N)c2c(c1Oc1ccc(O)c(CC3CCOCC3)c1)CCC2. The molecule has 4 heteroatoms. The van der Waals surface area contributed by atoms with Crippen LogP contribution >= 0.6 is 0 Å². The Morgan fingerprint density at radius 1 is 1.15 bits per heavy atom. The molecule has 2 aliphatic rings. The maximum absolute atomic E-state index is 10.3. The van der Waals surface area contributed by atoms with Gasteiger partial charge in [0.15, 0.2) is 0 Å². The highest BCUT2D eigenvalue weighted by Crippen LogP contribution is 2.40. The maximum Gasteiger partial charge on any atom is 0.133 e. The first-order chi connectivity index (χ1) is 12.6. The smallest absolute Gasteiger partial charge is 0.133 e. The van der Waals surface area contributed by atoms with Gasteiger partial charge in [0.25, 0.3) is 0 Å². The van der Waals surface area contributed by atoms with Crippen LogP contribution < -0.4 is 10.5 Å². The zero-order chi connectivity index (χ0) is 18.1. The Hall–Kier alpha value is -2.20. The van der Waals surface area contributed by atoms with Gasteiger partial charge in [-0.15, -0.1) is 0 Å². The molecule has 0 amide bonds. The van der Waals surface area contributed by atoms with Crippen LogP contribution in [0.3, 0.4) is 0 Å². The van der Waals surface area contributed by atoms with Crippen molar-refractivity contribution in [3.05, 3.63) is 46.5 Å². The molecule has 2 aromatic carbocycles. The summed E-state index contributed by atoms with van der Waals surface area (Å²) in [6, 6.07) is 7.60. The summed E-state index contributed by atoms with van der Waals surface area (Å²) in [6.07, 6.45) is 6.14. The van der Waals surface area contributed by atoms with Crippen LogP contribution in [0.2, 0.25) is 0 Å². The predicted molar refractivity (Wildman–Crippen MR) is 103 cm³/mol. The lowest BCUT2D eigenvalue weighted by Crippen LogP contribution is -2.17. The minimum atomic E-state index is 0.350. The van der Waals surface area contributed by atoms with Crippen molar-refractivity contribution in [3.8, 4) is 17.2 Å². The Balaban J connectivity index is 1.59. The number of benzene rings is 2. The van der Waals surface area contributed by atoms with Crippen LogP contribution in [0.1, 0.15) is 41.5 Å². The van der Waals surface area contributed by atoms with Gasteiger partial charge in [-0.3, -0.25) is 0 Å². The minimum Gasteiger partial charge on any atom is -0.508 e. The Morgan fingerprint density at radius 2 is 1.92 bits per heavy atom. The van der Waals surface area contributed by atoms with Crippen molar-refractivity contribution < 1.29 is 14.6 Å². The monoisotopic (exact) mass is 353 g/mol. The predicted octanol–water partition coefficient (Wildman–Crippen LogP) is 4.53. The first-order valence-electron chi connectivity index (χ1n) is 9.60. The number of ether oxygens (including phenoxy) is 2. The lowest BCUT2D eigenvalue weighted by atomic mass is 9.92. The van der Waals surface area contributed by atoms with E-state index >= 15 is 0 Å². The normalized spacial score (nSPS) is 17.3. The van der Waals surface area contributed by atoms with Gasteiger partial charge in [0.2, 0.25) is 0 Å².